The van der Waals surface area contributed by atoms with E-state index in [2.05, 4.69) is 50.2 Å². The Morgan fingerprint density at radius 2 is 1.65 bits per heavy atom. The van der Waals surface area contributed by atoms with Gasteiger partial charge in [-0.3, -0.25) is 28.8 Å². The Bertz CT molecular complexity index is 1630. The normalized spacial score (nSPS) is 19.2. The number of carbonyl (C=O) groups excluding carboxylic acids is 4. The van der Waals surface area contributed by atoms with Gasteiger partial charge in [0.05, 0.1) is 6.04 Å². The Labute approximate surface area is 288 Å². The van der Waals surface area contributed by atoms with E-state index in [1.165, 1.54) is 15.8 Å². The molecule has 3 aromatic rings. The summed E-state index contributed by atoms with van der Waals surface area (Å²) >= 11 is 0. The van der Waals surface area contributed by atoms with Gasteiger partial charge in [0, 0.05) is 58.8 Å². The molecule has 2 fully saturated rings. The third kappa shape index (κ3) is 8.21. The number of benzene rings is 2. The third-order valence-corrected chi connectivity index (χ3v) is 10.5. The van der Waals surface area contributed by atoms with E-state index in [0.717, 1.165) is 62.7 Å². The molecule has 6 rings (SSSR count). The zero-order chi connectivity index (χ0) is 34.3. The molecule has 3 heterocycles. The van der Waals surface area contributed by atoms with E-state index in [1.54, 1.807) is 26.2 Å². The van der Waals surface area contributed by atoms with Crippen LogP contribution in [0, 0.1) is 5.92 Å². The molecular weight excluding hydrogens is 618 g/mol. The van der Waals surface area contributed by atoms with Crippen LogP contribution < -0.4 is 16.0 Å². The number of fused-ring (bicyclic) bond motifs is 3. The van der Waals surface area contributed by atoms with E-state index in [4.69, 9.17) is 0 Å². The molecule has 1 saturated heterocycles. The molecule has 2 aliphatic heterocycles. The quantitative estimate of drug-likeness (QED) is 0.288. The van der Waals surface area contributed by atoms with Crippen LogP contribution in [0.5, 0.6) is 0 Å². The van der Waals surface area contributed by atoms with Gasteiger partial charge in [0.25, 0.3) is 5.91 Å². The lowest BCUT2D eigenvalue weighted by Crippen LogP contribution is -2.57. The zero-order valence-electron chi connectivity index (χ0n) is 28.7. The number of piperazine rings is 1. The maximum Gasteiger partial charge on any atom is 0.270 e. The molecule has 0 bridgehead atoms. The molecule has 3 atom stereocenters. The fourth-order valence-corrected chi connectivity index (χ4v) is 7.66. The van der Waals surface area contributed by atoms with Gasteiger partial charge in [-0.05, 0) is 53.5 Å². The van der Waals surface area contributed by atoms with Crippen molar-refractivity contribution in [1.29, 1.82) is 0 Å². The number of nitrogens with one attached hydrogen (secondary N) is 3. The standard InChI is InChI=1S/C38H49N7O4/c1-3-34(46)41-31(38(49)45-22-21-44-20-18-28-9-7-8-12-30(28)33(44)25-45)23-26-13-15-27(16-14-26)24-39-37(48)35(29-10-5-4-6-11-29)42-36(47)32-17-19-40-43(32)2/h7-9,12-17,19,29,31,33,35H,3-6,10-11,18,20-25H2,1-2H3,(H,39,48)(H,41,46)(H,42,47)/t31-,33?,35+/m1/s1. The summed E-state index contributed by atoms with van der Waals surface area (Å²) in [5, 5.41) is 13.1. The molecule has 3 N–H and O–H groups in total. The van der Waals surface area contributed by atoms with Gasteiger partial charge >= 0.3 is 0 Å². The van der Waals surface area contributed by atoms with Crippen LogP contribution in [0.3, 0.4) is 0 Å². The average molecular weight is 668 g/mol. The van der Waals surface area contributed by atoms with Crippen molar-refractivity contribution in [2.75, 3.05) is 26.2 Å². The van der Waals surface area contributed by atoms with E-state index in [9.17, 15) is 19.2 Å². The van der Waals surface area contributed by atoms with Gasteiger partial charge in [-0.15, -0.1) is 0 Å². The fraction of sp³-hybridized carbons (Fsp3) is 0.500. The van der Waals surface area contributed by atoms with Crippen molar-refractivity contribution in [3.63, 3.8) is 0 Å². The Morgan fingerprint density at radius 3 is 2.39 bits per heavy atom. The van der Waals surface area contributed by atoms with Crippen LogP contribution in [0.4, 0.5) is 0 Å². The van der Waals surface area contributed by atoms with Crippen molar-refractivity contribution in [2.24, 2.45) is 13.0 Å². The number of hydrogen-bond acceptors (Lipinski definition) is 6. The first-order valence-electron chi connectivity index (χ1n) is 17.8. The predicted octanol–water partition coefficient (Wildman–Crippen LogP) is 3.29. The van der Waals surface area contributed by atoms with Gasteiger partial charge in [0.1, 0.15) is 17.8 Å². The lowest BCUT2D eigenvalue weighted by Gasteiger charge is -2.45. The Kier molecular flexibility index (Phi) is 11.1. The second-order valence-corrected chi connectivity index (χ2v) is 13.7. The number of aryl methyl sites for hydroxylation is 1. The maximum absolute atomic E-state index is 14.0. The van der Waals surface area contributed by atoms with Crippen LogP contribution in [0.15, 0.2) is 60.8 Å². The number of nitrogens with zero attached hydrogens (tertiary/aromatic N) is 4. The summed E-state index contributed by atoms with van der Waals surface area (Å²) in [6.07, 6.45) is 8.31. The first-order valence-corrected chi connectivity index (χ1v) is 17.8. The van der Waals surface area contributed by atoms with Crippen LogP contribution in [0.1, 0.15) is 84.2 Å². The van der Waals surface area contributed by atoms with Gasteiger partial charge in [-0.2, -0.15) is 5.10 Å². The number of hydrogen-bond donors (Lipinski definition) is 3. The molecular formula is C38H49N7O4. The van der Waals surface area contributed by atoms with Crippen molar-refractivity contribution in [2.45, 2.75) is 83.0 Å². The highest BCUT2D eigenvalue weighted by molar-refractivity contribution is 5.96. The van der Waals surface area contributed by atoms with Crippen LogP contribution >= 0.6 is 0 Å². The lowest BCUT2D eigenvalue weighted by atomic mass is 9.83. The number of carbonyl (C=O) groups is 4. The Balaban J connectivity index is 1.08. The summed E-state index contributed by atoms with van der Waals surface area (Å²) in [6, 6.07) is 16.8. The number of rotatable bonds is 11. The van der Waals surface area contributed by atoms with Gasteiger partial charge < -0.3 is 20.9 Å². The molecule has 1 aromatic heterocycles. The highest BCUT2D eigenvalue weighted by atomic mass is 16.2. The third-order valence-electron chi connectivity index (χ3n) is 10.5. The minimum Gasteiger partial charge on any atom is -0.350 e. The first-order chi connectivity index (χ1) is 23.8. The van der Waals surface area contributed by atoms with E-state index >= 15 is 0 Å². The number of aromatic nitrogens is 2. The van der Waals surface area contributed by atoms with Gasteiger partial charge in [-0.25, -0.2) is 0 Å². The monoisotopic (exact) mass is 667 g/mol. The fourth-order valence-electron chi connectivity index (χ4n) is 7.66. The largest absolute Gasteiger partial charge is 0.350 e. The van der Waals surface area contributed by atoms with Gasteiger partial charge in [-0.1, -0.05) is 74.7 Å². The molecule has 1 aliphatic carbocycles. The molecule has 11 nitrogen and oxygen atoms in total. The Hall–Kier alpha value is -4.51. The molecule has 260 valence electrons. The van der Waals surface area contributed by atoms with Crippen LogP contribution in [-0.4, -0.2) is 81.5 Å². The van der Waals surface area contributed by atoms with E-state index < -0.39 is 12.1 Å². The van der Waals surface area contributed by atoms with Crippen molar-refractivity contribution in [3.8, 4) is 0 Å². The summed E-state index contributed by atoms with van der Waals surface area (Å²) in [5.41, 5.74) is 4.89. The van der Waals surface area contributed by atoms with Crippen molar-refractivity contribution in [3.05, 3.63) is 88.7 Å². The first kappa shape index (κ1) is 34.4. The summed E-state index contributed by atoms with van der Waals surface area (Å²) in [4.78, 5) is 57.4. The molecule has 1 saturated carbocycles. The topological polar surface area (TPSA) is 129 Å². The smallest absolute Gasteiger partial charge is 0.270 e. The SMILES string of the molecule is CCC(=O)N[C@H](Cc1ccc(CNC(=O)[C@@H](NC(=O)c2ccnn2C)C2CCCCC2)cc1)C(=O)N1CCN2CCc3ccccc3C2C1. The zero-order valence-corrected chi connectivity index (χ0v) is 28.7. The molecule has 3 aliphatic rings. The summed E-state index contributed by atoms with van der Waals surface area (Å²) in [6.45, 7) is 5.16. The molecule has 49 heavy (non-hydrogen) atoms. The molecule has 11 heteroatoms. The second-order valence-electron chi connectivity index (χ2n) is 13.7. The van der Waals surface area contributed by atoms with Crippen molar-refractivity contribution >= 4 is 23.6 Å². The Morgan fingerprint density at radius 1 is 0.898 bits per heavy atom. The van der Waals surface area contributed by atoms with Crippen LogP contribution in [-0.2, 0) is 40.8 Å². The van der Waals surface area contributed by atoms with Crippen molar-refractivity contribution < 1.29 is 19.2 Å². The average Bonchev–Trinajstić information content (AvgIpc) is 3.58. The molecule has 0 spiro atoms. The van der Waals surface area contributed by atoms with Crippen molar-refractivity contribution in [1.82, 2.24) is 35.5 Å². The van der Waals surface area contributed by atoms with Gasteiger partial charge in [0.2, 0.25) is 17.7 Å². The van der Waals surface area contributed by atoms with E-state index in [1.807, 2.05) is 29.2 Å². The van der Waals surface area contributed by atoms with E-state index in [-0.39, 0.29) is 35.6 Å². The molecule has 1 unspecified atom stereocenters. The number of amides is 4. The molecule has 0 radical (unpaired) electrons. The second kappa shape index (κ2) is 15.8. The van der Waals surface area contributed by atoms with Crippen LogP contribution in [0.25, 0.3) is 0 Å². The summed E-state index contributed by atoms with van der Waals surface area (Å²) < 4.78 is 1.51. The minimum atomic E-state index is -0.664. The minimum absolute atomic E-state index is 0.0530. The van der Waals surface area contributed by atoms with Crippen LogP contribution in [0.2, 0.25) is 0 Å². The molecule has 4 amide bonds. The van der Waals surface area contributed by atoms with E-state index in [0.29, 0.717) is 38.2 Å². The maximum atomic E-state index is 14.0. The molecule has 2 aromatic carbocycles. The highest BCUT2D eigenvalue weighted by Crippen LogP contribution is 2.33. The lowest BCUT2D eigenvalue weighted by molar-refractivity contribution is -0.139. The predicted molar refractivity (Wildman–Crippen MR) is 186 cm³/mol. The highest BCUT2D eigenvalue weighted by Gasteiger charge is 2.36. The summed E-state index contributed by atoms with van der Waals surface area (Å²) in [7, 11) is 1.71. The summed E-state index contributed by atoms with van der Waals surface area (Å²) in [5.74, 6) is -0.623. The van der Waals surface area contributed by atoms with Gasteiger partial charge in [0.15, 0.2) is 0 Å².